The normalized spacial score (nSPS) is 11.0. The van der Waals surface area contributed by atoms with E-state index >= 15 is 0 Å². The van der Waals surface area contributed by atoms with Gasteiger partial charge in [0.15, 0.2) is 0 Å². The Balaban J connectivity index is 2.25. The molecular weight excluding hydrogens is 290 g/mol. The number of nitrogens with zero attached hydrogens (tertiary/aromatic N) is 3. The molecule has 6 heteroatoms. The van der Waals surface area contributed by atoms with Crippen molar-refractivity contribution in [1.29, 1.82) is 0 Å². The summed E-state index contributed by atoms with van der Waals surface area (Å²) in [6.07, 6.45) is 1.62. The van der Waals surface area contributed by atoms with Crippen molar-refractivity contribution >= 4 is 28.6 Å². The van der Waals surface area contributed by atoms with Gasteiger partial charge in [-0.3, -0.25) is 4.57 Å². The van der Waals surface area contributed by atoms with Gasteiger partial charge in [0.05, 0.1) is 16.6 Å². The van der Waals surface area contributed by atoms with Gasteiger partial charge in [0.25, 0.3) is 0 Å². The first-order valence-electron chi connectivity index (χ1n) is 6.31. The van der Waals surface area contributed by atoms with Crippen LogP contribution in [-0.2, 0) is 0 Å². The van der Waals surface area contributed by atoms with Crippen molar-refractivity contribution in [3.05, 3.63) is 52.4 Å². The number of imidazole rings is 1. The summed E-state index contributed by atoms with van der Waals surface area (Å²) in [5, 5.41) is 9.25. The van der Waals surface area contributed by atoms with Crippen LogP contribution >= 0.6 is 11.6 Å². The lowest BCUT2D eigenvalue weighted by Crippen LogP contribution is -2.02. The first kappa shape index (κ1) is 13.6. The van der Waals surface area contributed by atoms with E-state index < -0.39 is 5.97 Å². The van der Waals surface area contributed by atoms with Crippen LogP contribution < -0.4 is 0 Å². The molecule has 0 radical (unpaired) electrons. The van der Waals surface area contributed by atoms with Gasteiger partial charge in [0.1, 0.15) is 17.3 Å². The quantitative estimate of drug-likeness (QED) is 0.737. The number of rotatable bonds is 2. The summed E-state index contributed by atoms with van der Waals surface area (Å²) < 4.78 is 1.74. The van der Waals surface area contributed by atoms with Crippen molar-refractivity contribution in [3.63, 3.8) is 0 Å². The van der Waals surface area contributed by atoms with Gasteiger partial charge in [0.2, 0.25) is 0 Å². The molecule has 0 saturated carbocycles. The summed E-state index contributed by atoms with van der Waals surface area (Å²) in [6.45, 7) is 4.04. The zero-order valence-corrected chi connectivity index (χ0v) is 12.2. The van der Waals surface area contributed by atoms with E-state index in [1.54, 1.807) is 10.9 Å². The van der Waals surface area contributed by atoms with Crippen LogP contribution in [0.2, 0.25) is 5.15 Å². The SMILES string of the molecule is Cc1cc2ncn(-c3cc(C(=O)O)cc(Cl)n3)c2cc1C. The molecule has 0 unspecified atom stereocenters. The maximum atomic E-state index is 11.1. The number of aromatic nitrogens is 3. The van der Waals surface area contributed by atoms with E-state index in [1.807, 2.05) is 26.0 Å². The predicted octanol–water partition coefficient (Wildman–Crippen LogP) is 3.39. The third-order valence-electron chi connectivity index (χ3n) is 3.44. The topological polar surface area (TPSA) is 68.0 Å². The van der Waals surface area contributed by atoms with E-state index in [0.29, 0.717) is 5.82 Å². The average Bonchev–Trinajstić information content (AvgIpc) is 2.81. The summed E-state index contributed by atoms with van der Waals surface area (Å²) >= 11 is 5.91. The van der Waals surface area contributed by atoms with Crippen molar-refractivity contribution < 1.29 is 9.90 Å². The summed E-state index contributed by atoms with van der Waals surface area (Å²) in [5.74, 6) is -0.609. The van der Waals surface area contributed by atoms with E-state index in [9.17, 15) is 4.79 Å². The minimum absolute atomic E-state index is 0.0932. The lowest BCUT2D eigenvalue weighted by molar-refractivity contribution is 0.0696. The lowest BCUT2D eigenvalue weighted by Gasteiger charge is -2.07. The van der Waals surface area contributed by atoms with E-state index in [-0.39, 0.29) is 10.7 Å². The molecule has 2 heterocycles. The average molecular weight is 302 g/mol. The second-order valence-electron chi connectivity index (χ2n) is 4.88. The fourth-order valence-electron chi connectivity index (χ4n) is 2.18. The Morgan fingerprint density at radius 2 is 1.90 bits per heavy atom. The number of aryl methyl sites for hydroxylation is 2. The van der Waals surface area contributed by atoms with Gasteiger partial charge in [-0.05, 0) is 49.2 Å². The summed E-state index contributed by atoms with van der Waals surface area (Å²) in [5.41, 5.74) is 4.07. The highest BCUT2D eigenvalue weighted by atomic mass is 35.5. The van der Waals surface area contributed by atoms with Crippen LogP contribution in [-0.4, -0.2) is 25.6 Å². The largest absolute Gasteiger partial charge is 0.478 e. The van der Waals surface area contributed by atoms with Gasteiger partial charge < -0.3 is 5.11 Å². The molecule has 0 aliphatic carbocycles. The maximum absolute atomic E-state index is 11.1. The van der Waals surface area contributed by atoms with Crippen LogP contribution in [0.5, 0.6) is 0 Å². The fourth-order valence-corrected chi connectivity index (χ4v) is 2.38. The number of carboxylic acid groups (broad SMARTS) is 1. The highest BCUT2D eigenvalue weighted by molar-refractivity contribution is 6.29. The summed E-state index contributed by atoms with van der Waals surface area (Å²) in [7, 11) is 0. The molecule has 0 aliphatic rings. The molecule has 0 fully saturated rings. The van der Waals surface area contributed by atoms with Crippen molar-refractivity contribution in [3.8, 4) is 5.82 Å². The lowest BCUT2D eigenvalue weighted by atomic mass is 10.1. The number of hydrogen-bond acceptors (Lipinski definition) is 3. The predicted molar refractivity (Wildman–Crippen MR) is 80.3 cm³/mol. The molecule has 0 atom stereocenters. The first-order valence-corrected chi connectivity index (χ1v) is 6.69. The Morgan fingerprint density at radius 3 is 2.62 bits per heavy atom. The number of hydrogen-bond donors (Lipinski definition) is 1. The van der Waals surface area contributed by atoms with Gasteiger partial charge in [-0.1, -0.05) is 11.6 Å². The van der Waals surface area contributed by atoms with Gasteiger partial charge in [0, 0.05) is 0 Å². The number of benzene rings is 1. The highest BCUT2D eigenvalue weighted by Gasteiger charge is 2.12. The molecule has 106 valence electrons. The smallest absolute Gasteiger partial charge is 0.335 e. The monoisotopic (exact) mass is 301 g/mol. The molecule has 3 aromatic rings. The summed E-state index contributed by atoms with van der Waals surface area (Å²) in [6, 6.07) is 6.79. The molecule has 2 aromatic heterocycles. The van der Waals surface area contributed by atoms with Crippen LogP contribution in [0, 0.1) is 13.8 Å². The number of pyridine rings is 1. The molecule has 0 aliphatic heterocycles. The molecule has 0 bridgehead atoms. The Hall–Kier alpha value is -2.40. The van der Waals surface area contributed by atoms with Gasteiger partial charge in [-0.15, -0.1) is 0 Å². The molecule has 5 nitrogen and oxygen atoms in total. The Morgan fingerprint density at radius 1 is 1.19 bits per heavy atom. The second kappa shape index (κ2) is 4.86. The standard InChI is InChI=1S/C15H12ClN3O2/c1-8-3-11-12(4-9(8)2)19(7-17-11)14-6-10(15(20)21)5-13(16)18-14/h3-7H,1-2H3,(H,20,21). The molecule has 1 N–H and O–H groups in total. The van der Waals surface area contributed by atoms with E-state index in [1.165, 1.54) is 12.1 Å². The molecule has 0 saturated heterocycles. The molecule has 3 rings (SSSR count). The third kappa shape index (κ3) is 2.36. The fraction of sp³-hybridized carbons (Fsp3) is 0.133. The Bertz CT molecular complexity index is 871. The van der Waals surface area contributed by atoms with Gasteiger partial charge >= 0.3 is 5.97 Å². The number of carboxylic acids is 1. The number of aromatic carboxylic acids is 1. The number of fused-ring (bicyclic) bond motifs is 1. The molecule has 0 spiro atoms. The first-order chi connectivity index (χ1) is 9.95. The van der Waals surface area contributed by atoms with Gasteiger partial charge in [-0.25, -0.2) is 14.8 Å². The van der Waals surface area contributed by atoms with Crippen LogP contribution in [0.4, 0.5) is 0 Å². The minimum Gasteiger partial charge on any atom is -0.478 e. The Labute approximate surface area is 125 Å². The van der Waals surface area contributed by atoms with E-state index in [4.69, 9.17) is 16.7 Å². The van der Waals surface area contributed by atoms with Crippen LogP contribution in [0.1, 0.15) is 21.5 Å². The zero-order valence-electron chi connectivity index (χ0n) is 11.5. The van der Waals surface area contributed by atoms with Crippen LogP contribution in [0.15, 0.2) is 30.6 Å². The van der Waals surface area contributed by atoms with Gasteiger partial charge in [-0.2, -0.15) is 0 Å². The van der Waals surface area contributed by atoms with Crippen molar-refractivity contribution in [2.24, 2.45) is 0 Å². The summed E-state index contributed by atoms with van der Waals surface area (Å²) in [4.78, 5) is 19.6. The van der Waals surface area contributed by atoms with E-state index in [2.05, 4.69) is 9.97 Å². The molecule has 1 aromatic carbocycles. The van der Waals surface area contributed by atoms with Crippen molar-refractivity contribution in [2.75, 3.05) is 0 Å². The maximum Gasteiger partial charge on any atom is 0.335 e. The molecule has 0 amide bonds. The minimum atomic E-state index is -1.04. The second-order valence-corrected chi connectivity index (χ2v) is 5.27. The van der Waals surface area contributed by atoms with Crippen molar-refractivity contribution in [1.82, 2.24) is 14.5 Å². The number of halogens is 1. The third-order valence-corrected chi connectivity index (χ3v) is 3.63. The zero-order chi connectivity index (χ0) is 15.1. The Kier molecular flexibility index (Phi) is 3.14. The van der Waals surface area contributed by atoms with Crippen LogP contribution in [0.25, 0.3) is 16.9 Å². The molecular formula is C15H12ClN3O2. The van der Waals surface area contributed by atoms with Crippen LogP contribution in [0.3, 0.4) is 0 Å². The molecule has 21 heavy (non-hydrogen) atoms. The number of carbonyl (C=O) groups is 1. The van der Waals surface area contributed by atoms with E-state index in [0.717, 1.165) is 22.2 Å². The highest BCUT2D eigenvalue weighted by Crippen LogP contribution is 2.22. The van der Waals surface area contributed by atoms with Crippen molar-refractivity contribution in [2.45, 2.75) is 13.8 Å².